The highest BCUT2D eigenvalue weighted by molar-refractivity contribution is 5.78. The van der Waals surface area contributed by atoms with Gasteiger partial charge in [-0.3, -0.25) is 9.59 Å². The van der Waals surface area contributed by atoms with Gasteiger partial charge in [0.15, 0.2) is 0 Å². The van der Waals surface area contributed by atoms with Crippen LogP contribution in [0.15, 0.2) is 0 Å². The van der Waals surface area contributed by atoms with Crippen LogP contribution in [0.1, 0.15) is 19.8 Å². The van der Waals surface area contributed by atoms with Crippen LogP contribution in [0.3, 0.4) is 0 Å². The van der Waals surface area contributed by atoms with E-state index in [4.69, 9.17) is 9.84 Å². The van der Waals surface area contributed by atoms with Gasteiger partial charge in [0, 0.05) is 33.1 Å². The molecule has 0 radical (unpaired) electrons. The molecule has 1 N–H and O–H groups in total. The summed E-state index contributed by atoms with van der Waals surface area (Å²) in [6.45, 7) is 3.18. The Balaban J connectivity index is 2.48. The van der Waals surface area contributed by atoms with Crippen LogP contribution < -0.4 is 0 Å². The van der Waals surface area contributed by atoms with E-state index in [0.29, 0.717) is 26.1 Å². The largest absolute Gasteiger partial charge is 0.481 e. The molecule has 0 aromatic rings. The fraction of sp³-hybridized carbons (Fsp3) is 0.769. The molecule has 114 valence electrons. The summed E-state index contributed by atoms with van der Waals surface area (Å²) in [4.78, 5) is 37.3. The number of carboxylic acid groups (broad SMARTS) is 1. The van der Waals surface area contributed by atoms with Crippen molar-refractivity contribution in [3.63, 3.8) is 0 Å². The first-order valence-corrected chi connectivity index (χ1v) is 6.66. The number of esters is 1. The highest BCUT2D eigenvalue weighted by atomic mass is 16.5. The van der Waals surface area contributed by atoms with E-state index < -0.39 is 5.97 Å². The molecular formula is C13H22N2O5. The topological polar surface area (TPSA) is 87.2 Å². The van der Waals surface area contributed by atoms with Gasteiger partial charge in [-0.25, -0.2) is 4.79 Å². The predicted octanol–water partition coefficient (Wildman–Crippen LogP) is 0.644. The van der Waals surface area contributed by atoms with Crippen LogP contribution in [0.5, 0.6) is 0 Å². The molecule has 0 aliphatic carbocycles. The average molecular weight is 286 g/mol. The van der Waals surface area contributed by atoms with Gasteiger partial charge in [-0.05, 0) is 12.3 Å². The van der Waals surface area contributed by atoms with Crippen molar-refractivity contribution in [3.05, 3.63) is 0 Å². The van der Waals surface area contributed by atoms with E-state index in [1.54, 1.807) is 11.9 Å². The van der Waals surface area contributed by atoms with Gasteiger partial charge in [-0.1, -0.05) is 6.92 Å². The first-order valence-electron chi connectivity index (χ1n) is 6.66. The Bertz CT molecular complexity index is 385. The van der Waals surface area contributed by atoms with Crippen LogP contribution in [-0.2, 0) is 14.3 Å². The minimum absolute atomic E-state index is 0.0405. The summed E-state index contributed by atoms with van der Waals surface area (Å²) in [5.41, 5.74) is 0. The zero-order valence-corrected chi connectivity index (χ0v) is 12.2. The molecule has 2 atom stereocenters. The number of rotatable bonds is 5. The Morgan fingerprint density at radius 2 is 2.00 bits per heavy atom. The summed E-state index contributed by atoms with van der Waals surface area (Å²) in [6.07, 6.45) is 0.459. The van der Waals surface area contributed by atoms with E-state index in [1.165, 1.54) is 12.0 Å². The third kappa shape index (κ3) is 4.11. The van der Waals surface area contributed by atoms with E-state index >= 15 is 0 Å². The fourth-order valence-electron chi connectivity index (χ4n) is 2.39. The van der Waals surface area contributed by atoms with E-state index in [9.17, 15) is 14.4 Å². The Hall–Kier alpha value is -1.79. The normalized spacial score (nSPS) is 21.6. The molecule has 7 nitrogen and oxygen atoms in total. The second-order valence-electron chi connectivity index (χ2n) is 5.21. The van der Waals surface area contributed by atoms with E-state index in [-0.39, 0.29) is 30.3 Å². The van der Waals surface area contributed by atoms with Gasteiger partial charge < -0.3 is 19.6 Å². The Morgan fingerprint density at radius 1 is 1.35 bits per heavy atom. The molecule has 0 aromatic heterocycles. The number of nitrogens with zero attached hydrogens (tertiary/aromatic N) is 2. The van der Waals surface area contributed by atoms with Crippen molar-refractivity contribution in [2.24, 2.45) is 11.8 Å². The van der Waals surface area contributed by atoms with Gasteiger partial charge in [0.1, 0.15) is 0 Å². The molecule has 1 heterocycles. The summed E-state index contributed by atoms with van der Waals surface area (Å²) in [5, 5.41) is 8.57. The predicted molar refractivity (Wildman–Crippen MR) is 71.1 cm³/mol. The number of carbonyl (C=O) groups excluding carboxylic acids is 2. The highest BCUT2D eigenvalue weighted by Gasteiger charge is 2.38. The Morgan fingerprint density at radius 3 is 2.55 bits per heavy atom. The molecule has 20 heavy (non-hydrogen) atoms. The number of ether oxygens (including phenoxy) is 1. The fourth-order valence-corrected chi connectivity index (χ4v) is 2.39. The van der Waals surface area contributed by atoms with Crippen LogP contribution >= 0.6 is 0 Å². The number of hydrogen-bond acceptors (Lipinski definition) is 4. The third-order valence-electron chi connectivity index (χ3n) is 3.60. The maximum atomic E-state index is 12.2. The van der Waals surface area contributed by atoms with Gasteiger partial charge >= 0.3 is 18.0 Å². The quantitative estimate of drug-likeness (QED) is 0.750. The summed E-state index contributed by atoms with van der Waals surface area (Å²) in [7, 11) is 2.98. The lowest BCUT2D eigenvalue weighted by Gasteiger charge is -2.24. The molecule has 7 heteroatoms. The van der Waals surface area contributed by atoms with Crippen molar-refractivity contribution in [1.29, 1.82) is 0 Å². The molecule has 1 aliphatic heterocycles. The van der Waals surface area contributed by atoms with Gasteiger partial charge in [-0.2, -0.15) is 0 Å². The first kappa shape index (κ1) is 16.3. The standard InChI is InChI=1S/C13H22N2O5/c1-9-7-15(8-10(9)12(18)20-3)13(19)14(2)6-4-5-11(16)17/h9-10H,4-8H2,1-3H3,(H,16,17). The molecule has 1 aliphatic rings. The minimum atomic E-state index is -0.869. The monoisotopic (exact) mass is 286 g/mol. The van der Waals surface area contributed by atoms with Crippen molar-refractivity contribution in [2.75, 3.05) is 33.8 Å². The van der Waals surface area contributed by atoms with Gasteiger partial charge in [0.05, 0.1) is 13.0 Å². The van der Waals surface area contributed by atoms with Crippen molar-refractivity contribution >= 4 is 18.0 Å². The summed E-state index contributed by atoms with van der Waals surface area (Å²) < 4.78 is 4.73. The summed E-state index contributed by atoms with van der Waals surface area (Å²) in [6, 6.07) is -0.173. The van der Waals surface area contributed by atoms with Crippen molar-refractivity contribution in [1.82, 2.24) is 9.80 Å². The number of amides is 2. The van der Waals surface area contributed by atoms with Crippen molar-refractivity contribution in [2.45, 2.75) is 19.8 Å². The van der Waals surface area contributed by atoms with Crippen LogP contribution in [-0.4, -0.2) is 66.7 Å². The minimum Gasteiger partial charge on any atom is -0.481 e. The Kier molecular flexibility index (Phi) is 5.79. The lowest BCUT2D eigenvalue weighted by molar-refractivity contribution is -0.146. The van der Waals surface area contributed by atoms with E-state index in [1.807, 2.05) is 6.92 Å². The number of carboxylic acids is 1. The smallest absolute Gasteiger partial charge is 0.319 e. The molecule has 0 aromatic carbocycles. The van der Waals surface area contributed by atoms with E-state index in [2.05, 4.69) is 0 Å². The molecule has 2 amide bonds. The van der Waals surface area contributed by atoms with Gasteiger partial charge in [-0.15, -0.1) is 0 Å². The first-order chi connectivity index (χ1) is 9.36. The Labute approximate surface area is 118 Å². The molecule has 1 rings (SSSR count). The second-order valence-corrected chi connectivity index (χ2v) is 5.21. The van der Waals surface area contributed by atoms with Gasteiger partial charge in [0.2, 0.25) is 0 Å². The zero-order chi connectivity index (χ0) is 15.3. The molecule has 2 unspecified atom stereocenters. The molecule has 0 bridgehead atoms. The summed E-state index contributed by atoms with van der Waals surface area (Å²) in [5.74, 6) is -1.37. The number of methoxy groups -OCH3 is 1. The number of hydrogen-bond donors (Lipinski definition) is 1. The molecule has 0 spiro atoms. The summed E-state index contributed by atoms with van der Waals surface area (Å²) >= 11 is 0. The number of urea groups is 1. The van der Waals surface area contributed by atoms with Crippen LogP contribution in [0.4, 0.5) is 4.79 Å². The molecule has 1 saturated heterocycles. The maximum absolute atomic E-state index is 12.2. The number of likely N-dealkylation sites (tertiary alicyclic amines) is 1. The van der Waals surface area contributed by atoms with Crippen LogP contribution in [0.25, 0.3) is 0 Å². The zero-order valence-electron chi connectivity index (χ0n) is 12.2. The van der Waals surface area contributed by atoms with Crippen LogP contribution in [0.2, 0.25) is 0 Å². The number of carbonyl (C=O) groups is 3. The highest BCUT2D eigenvalue weighted by Crippen LogP contribution is 2.24. The average Bonchev–Trinajstić information content (AvgIpc) is 2.78. The molecule has 0 saturated carbocycles. The van der Waals surface area contributed by atoms with Crippen molar-refractivity contribution < 1.29 is 24.2 Å². The third-order valence-corrected chi connectivity index (χ3v) is 3.60. The SMILES string of the molecule is COC(=O)C1CN(C(=O)N(C)CCCC(=O)O)CC1C. The molecular weight excluding hydrogens is 264 g/mol. The lowest BCUT2D eigenvalue weighted by Crippen LogP contribution is -2.40. The van der Waals surface area contributed by atoms with Crippen LogP contribution in [0, 0.1) is 11.8 Å². The maximum Gasteiger partial charge on any atom is 0.319 e. The van der Waals surface area contributed by atoms with Crippen molar-refractivity contribution in [3.8, 4) is 0 Å². The second kappa shape index (κ2) is 7.12. The van der Waals surface area contributed by atoms with Gasteiger partial charge in [0.25, 0.3) is 0 Å². The molecule has 1 fully saturated rings. The lowest BCUT2D eigenvalue weighted by atomic mass is 9.99. The number of aliphatic carboxylic acids is 1. The van der Waals surface area contributed by atoms with E-state index in [0.717, 1.165) is 0 Å².